The first-order valence-electron chi connectivity index (χ1n) is 4.50. The molecule has 0 aromatic rings. The fraction of sp³-hybridized carbons (Fsp3) is 0.889. The van der Waals surface area contributed by atoms with E-state index in [2.05, 4.69) is 11.8 Å². The molecule has 0 amide bonds. The Morgan fingerprint density at radius 2 is 2.25 bits per heavy atom. The van der Waals surface area contributed by atoms with E-state index in [1.807, 2.05) is 7.05 Å². The third kappa shape index (κ3) is 1.61. The zero-order chi connectivity index (χ0) is 9.14. The molecule has 1 aliphatic rings. The van der Waals surface area contributed by atoms with Crippen LogP contribution >= 0.6 is 0 Å². The van der Waals surface area contributed by atoms with Crippen LogP contribution in [0.15, 0.2) is 0 Å². The number of nitrogens with zero attached hydrogens (tertiary/aromatic N) is 1. The molecule has 2 atom stereocenters. The molecule has 0 aromatic carbocycles. The van der Waals surface area contributed by atoms with Crippen molar-refractivity contribution in [2.24, 2.45) is 0 Å². The van der Waals surface area contributed by atoms with Crippen LogP contribution in [0.1, 0.15) is 26.2 Å². The molecule has 12 heavy (non-hydrogen) atoms. The van der Waals surface area contributed by atoms with Crippen LogP contribution in [0.5, 0.6) is 0 Å². The van der Waals surface area contributed by atoms with E-state index in [1.165, 1.54) is 7.11 Å². The second-order valence-corrected chi connectivity index (χ2v) is 3.34. The average molecular weight is 171 g/mol. The minimum Gasteiger partial charge on any atom is -0.468 e. The maximum absolute atomic E-state index is 11.2. The maximum Gasteiger partial charge on any atom is 0.323 e. The molecule has 3 nitrogen and oxygen atoms in total. The minimum absolute atomic E-state index is 0.0000463. The Hall–Kier alpha value is -0.570. The van der Waals surface area contributed by atoms with E-state index in [9.17, 15) is 4.79 Å². The van der Waals surface area contributed by atoms with Gasteiger partial charge in [-0.1, -0.05) is 6.92 Å². The number of methoxy groups -OCH3 is 1. The second kappa shape index (κ2) is 3.90. The number of hydrogen-bond acceptors (Lipinski definition) is 3. The number of likely N-dealkylation sites (tertiary alicyclic amines) is 1. The maximum atomic E-state index is 11.2. The first kappa shape index (κ1) is 9.52. The van der Waals surface area contributed by atoms with Crippen LogP contribution in [-0.2, 0) is 9.53 Å². The van der Waals surface area contributed by atoms with Crippen LogP contribution in [0.2, 0.25) is 0 Å². The van der Waals surface area contributed by atoms with Crippen molar-refractivity contribution in [1.82, 2.24) is 4.90 Å². The predicted octanol–water partition coefficient (Wildman–Crippen LogP) is 1.03. The molecule has 1 aliphatic heterocycles. The lowest BCUT2D eigenvalue weighted by molar-refractivity contribution is -0.145. The van der Waals surface area contributed by atoms with E-state index in [4.69, 9.17) is 4.74 Å². The second-order valence-electron chi connectivity index (χ2n) is 3.34. The number of rotatable bonds is 2. The number of carbonyl (C=O) groups excluding carboxylic acids is 1. The van der Waals surface area contributed by atoms with Crippen molar-refractivity contribution < 1.29 is 9.53 Å². The van der Waals surface area contributed by atoms with Gasteiger partial charge in [0.25, 0.3) is 0 Å². The Morgan fingerprint density at radius 1 is 1.58 bits per heavy atom. The van der Waals surface area contributed by atoms with Crippen molar-refractivity contribution in [2.45, 2.75) is 38.3 Å². The van der Waals surface area contributed by atoms with Crippen LogP contribution in [0.3, 0.4) is 0 Å². The van der Waals surface area contributed by atoms with Gasteiger partial charge in [-0.05, 0) is 26.3 Å². The van der Waals surface area contributed by atoms with Gasteiger partial charge in [-0.2, -0.15) is 0 Å². The summed E-state index contributed by atoms with van der Waals surface area (Å²) in [5.74, 6) is -0.0894. The van der Waals surface area contributed by atoms with Gasteiger partial charge in [-0.15, -0.1) is 0 Å². The van der Waals surface area contributed by atoms with E-state index in [0.717, 1.165) is 19.3 Å². The normalized spacial score (nSPS) is 30.6. The first-order chi connectivity index (χ1) is 5.70. The number of carbonyl (C=O) groups is 1. The standard InChI is InChI=1S/C9H17NO2/c1-4-7-5-6-8(10(7)2)9(11)12-3/h7-8H,4-6H2,1-3H3. The Morgan fingerprint density at radius 3 is 2.67 bits per heavy atom. The van der Waals surface area contributed by atoms with Crippen molar-refractivity contribution in [2.75, 3.05) is 14.2 Å². The summed E-state index contributed by atoms with van der Waals surface area (Å²) in [7, 11) is 3.46. The molecule has 0 spiro atoms. The fourth-order valence-electron chi connectivity index (χ4n) is 1.92. The Balaban J connectivity index is 2.54. The van der Waals surface area contributed by atoms with Crippen LogP contribution < -0.4 is 0 Å². The number of esters is 1. The summed E-state index contributed by atoms with van der Waals surface area (Å²) < 4.78 is 4.72. The molecule has 0 N–H and O–H groups in total. The third-order valence-corrected chi connectivity index (χ3v) is 2.79. The van der Waals surface area contributed by atoms with E-state index in [0.29, 0.717) is 6.04 Å². The molecule has 0 radical (unpaired) electrons. The summed E-state index contributed by atoms with van der Waals surface area (Å²) in [6.07, 6.45) is 3.18. The average Bonchev–Trinajstić information content (AvgIpc) is 2.45. The molecule has 3 heteroatoms. The van der Waals surface area contributed by atoms with Crippen LogP contribution in [-0.4, -0.2) is 37.1 Å². The number of ether oxygens (including phenoxy) is 1. The largest absolute Gasteiger partial charge is 0.468 e. The molecule has 70 valence electrons. The third-order valence-electron chi connectivity index (χ3n) is 2.79. The minimum atomic E-state index is -0.0894. The highest BCUT2D eigenvalue weighted by Gasteiger charge is 2.34. The van der Waals surface area contributed by atoms with Crippen LogP contribution in [0.25, 0.3) is 0 Å². The lowest BCUT2D eigenvalue weighted by Gasteiger charge is -2.22. The van der Waals surface area contributed by atoms with Gasteiger partial charge in [0.15, 0.2) is 0 Å². The van der Waals surface area contributed by atoms with Gasteiger partial charge in [0.2, 0.25) is 0 Å². The Kier molecular flexibility index (Phi) is 3.09. The summed E-state index contributed by atoms with van der Waals surface area (Å²) in [5, 5.41) is 0. The van der Waals surface area contributed by atoms with Gasteiger partial charge < -0.3 is 4.74 Å². The molecule has 0 bridgehead atoms. The fourth-order valence-corrected chi connectivity index (χ4v) is 1.92. The molecule has 0 aromatic heterocycles. The molecule has 1 fully saturated rings. The SMILES string of the molecule is CCC1CCC(C(=O)OC)N1C. The lowest BCUT2D eigenvalue weighted by Crippen LogP contribution is -2.37. The van der Waals surface area contributed by atoms with Crippen molar-refractivity contribution in [3.8, 4) is 0 Å². The van der Waals surface area contributed by atoms with Gasteiger partial charge in [0.1, 0.15) is 6.04 Å². The highest BCUT2D eigenvalue weighted by atomic mass is 16.5. The quantitative estimate of drug-likeness (QED) is 0.581. The molecule has 0 aliphatic carbocycles. The summed E-state index contributed by atoms with van der Waals surface area (Å²) in [5.41, 5.74) is 0. The lowest BCUT2D eigenvalue weighted by atomic mass is 10.1. The highest BCUT2D eigenvalue weighted by Crippen LogP contribution is 2.24. The summed E-state index contributed by atoms with van der Waals surface area (Å²) in [6.45, 7) is 2.15. The highest BCUT2D eigenvalue weighted by molar-refractivity contribution is 5.76. The van der Waals surface area contributed by atoms with Crippen molar-refractivity contribution in [1.29, 1.82) is 0 Å². The first-order valence-corrected chi connectivity index (χ1v) is 4.50. The van der Waals surface area contributed by atoms with Crippen molar-refractivity contribution >= 4 is 5.97 Å². The van der Waals surface area contributed by atoms with Crippen molar-refractivity contribution in [3.63, 3.8) is 0 Å². The summed E-state index contributed by atoms with van der Waals surface area (Å²) in [6, 6.07) is 0.564. The zero-order valence-electron chi connectivity index (χ0n) is 8.04. The molecule has 2 unspecified atom stereocenters. The van der Waals surface area contributed by atoms with E-state index >= 15 is 0 Å². The Labute approximate surface area is 73.7 Å². The van der Waals surface area contributed by atoms with Crippen LogP contribution in [0, 0.1) is 0 Å². The van der Waals surface area contributed by atoms with Crippen molar-refractivity contribution in [3.05, 3.63) is 0 Å². The summed E-state index contributed by atoms with van der Waals surface area (Å²) in [4.78, 5) is 13.4. The molecule has 1 heterocycles. The molecule has 1 saturated heterocycles. The van der Waals surface area contributed by atoms with Gasteiger partial charge >= 0.3 is 5.97 Å². The van der Waals surface area contributed by atoms with Gasteiger partial charge in [-0.25, -0.2) is 0 Å². The smallest absolute Gasteiger partial charge is 0.323 e. The topological polar surface area (TPSA) is 29.5 Å². The van der Waals surface area contributed by atoms with E-state index in [1.54, 1.807) is 0 Å². The molecule has 1 rings (SSSR count). The van der Waals surface area contributed by atoms with E-state index < -0.39 is 0 Å². The molecular weight excluding hydrogens is 154 g/mol. The zero-order valence-corrected chi connectivity index (χ0v) is 8.04. The molecular formula is C9H17NO2. The summed E-state index contributed by atoms with van der Waals surface area (Å²) >= 11 is 0. The predicted molar refractivity (Wildman–Crippen MR) is 46.9 cm³/mol. The molecule has 0 saturated carbocycles. The van der Waals surface area contributed by atoms with Gasteiger partial charge in [-0.3, -0.25) is 9.69 Å². The Bertz CT molecular complexity index is 170. The van der Waals surface area contributed by atoms with Gasteiger partial charge in [0, 0.05) is 6.04 Å². The number of likely N-dealkylation sites (N-methyl/N-ethyl adjacent to an activating group) is 1. The van der Waals surface area contributed by atoms with Crippen LogP contribution in [0.4, 0.5) is 0 Å². The number of hydrogen-bond donors (Lipinski definition) is 0. The monoisotopic (exact) mass is 171 g/mol. The van der Waals surface area contributed by atoms with Gasteiger partial charge in [0.05, 0.1) is 7.11 Å². The van der Waals surface area contributed by atoms with E-state index in [-0.39, 0.29) is 12.0 Å².